The van der Waals surface area contributed by atoms with Gasteiger partial charge in [0.2, 0.25) is 5.91 Å². The van der Waals surface area contributed by atoms with Crippen LogP contribution in [0.15, 0.2) is 10.6 Å². The Bertz CT molecular complexity index is 668. The fraction of sp³-hybridized carbons (Fsp3) is 0.789. The van der Waals surface area contributed by atoms with Gasteiger partial charge in [0.15, 0.2) is 0 Å². The van der Waals surface area contributed by atoms with E-state index in [2.05, 4.69) is 5.32 Å². The molecule has 0 aliphatic carbocycles. The van der Waals surface area contributed by atoms with Crippen molar-refractivity contribution in [1.29, 1.82) is 0 Å². The first kappa shape index (κ1) is 21.6. The highest BCUT2D eigenvalue weighted by molar-refractivity contribution is 8.03. The summed E-state index contributed by atoms with van der Waals surface area (Å²) in [5.74, 6) is -2.06. The average molecular weight is 414 g/mol. The third kappa shape index (κ3) is 3.82. The van der Waals surface area contributed by atoms with Crippen LogP contribution in [0.25, 0.3) is 0 Å². The standard InChI is InChI=1S/C19H31N3O5S/c1-9-15-14(10(2)23)18(25)22(15)16(19(26)27)17(9)28-11-7-12(20-8-11)13(24)5-6-21(3)4/h9-15,20,23-24H,5-8H2,1-4H3,(H,26,27)/t9-,10-,11+,12+,13-,14-,15-/m1/s1. The lowest BCUT2D eigenvalue weighted by Crippen LogP contribution is -2.63. The predicted molar refractivity (Wildman–Crippen MR) is 107 cm³/mol. The fourth-order valence-corrected chi connectivity index (χ4v) is 6.06. The normalized spacial score (nSPS) is 34.6. The van der Waals surface area contributed by atoms with Crippen LogP contribution in [0.2, 0.25) is 0 Å². The van der Waals surface area contributed by atoms with Gasteiger partial charge >= 0.3 is 5.97 Å². The molecule has 7 atom stereocenters. The summed E-state index contributed by atoms with van der Waals surface area (Å²) in [7, 11) is 3.94. The van der Waals surface area contributed by atoms with Gasteiger partial charge in [0.05, 0.1) is 24.2 Å². The number of rotatable bonds is 8. The zero-order chi connectivity index (χ0) is 20.7. The summed E-state index contributed by atoms with van der Waals surface area (Å²) in [4.78, 5) is 28.4. The number of hydrogen-bond donors (Lipinski definition) is 4. The zero-order valence-electron chi connectivity index (χ0n) is 16.8. The van der Waals surface area contributed by atoms with E-state index in [-0.39, 0.29) is 34.9 Å². The SMILES string of the molecule is C[C@@H](O)[C@H]1C(=O)N2C(C(=O)O)=C(S[C@@H]3CN[C@H]([C@H](O)CCN(C)C)C3)[C@H](C)[C@H]12. The number of carboxylic acid groups (broad SMARTS) is 1. The highest BCUT2D eigenvalue weighted by Gasteiger charge is 2.60. The Kier molecular flexibility index (Phi) is 6.41. The molecule has 3 heterocycles. The summed E-state index contributed by atoms with van der Waals surface area (Å²) in [6.45, 7) is 5.01. The maximum absolute atomic E-state index is 12.4. The van der Waals surface area contributed by atoms with Gasteiger partial charge in [0, 0.05) is 35.2 Å². The number of fused-ring (bicyclic) bond motifs is 1. The van der Waals surface area contributed by atoms with E-state index in [4.69, 9.17) is 0 Å². The van der Waals surface area contributed by atoms with Crippen LogP contribution in [-0.2, 0) is 9.59 Å². The van der Waals surface area contributed by atoms with Crippen LogP contribution in [-0.4, -0.2) is 93.7 Å². The number of hydrogen-bond acceptors (Lipinski definition) is 7. The second-order valence-corrected chi connectivity index (χ2v) is 9.76. The summed E-state index contributed by atoms with van der Waals surface area (Å²) in [6, 6.07) is -0.288. The summed E-state index contributed by atoms with van der Waals surface area (Å²) >= 11 is 1.51. The third-order valence-corrected chi connectivity index (χ3v) is 7.58. The van der Waals surface area contributed by atoms with Crippen molar-refractivity contribution in [3.63, 3.8) is 0 Å². The molecular weight excluding hydrogens is 382 g/mol. The number of nitrogens with one attached hydrogen (secondary N) is 1. The Balaban J connectivity index is 1.68. The number of nitrogens with zero attached hydrogens (tertiary/aromatic N) is 2. The molecule has 158 valence electrons. The van der Waals surface area contributed by atoms with Gasteiger partial charge in [-0.2, -0.15) is 0 Å². The zero-order valence-corrected chi connectivity index (χ0v) is 17.6. The van der Waals surface area contributed by atoms with Crippen LogP contribution < -0.4 is 5.32 Å². The molecule has 28 heavy (non-hydrogen) atoms. The van der Waals surface area contributed by atoms with Crippen LogP contribution in [0.3, 0.4) is 0 Å². The van der Waals surface area contributed by atoms with Crippen LogP contribution >= 0.6 is 11.8 Å². The van der Waals surface area contributed by atoms with Crippen molar-refractivity contribution in [2.45, 2.75) is 56.2 Å². The molecular formula is C19H31N3O5S. The van der Waals surface area contributed by atoms with Gasteiger partial charge in [-0.15, -0.1) is 11.8 Å². The van der Waals surface area contributed by atoms with Crippen molar-refractivity contribution in [3.8, 4) is 0 Å². The van der Waals surface area contributed by atoms with Crippen LogP contribution in [0, 0.1) is 11.8 Å². The number of carbonyl (C=O) groups is 2. The lowest BCUT2D eigenvalue weighted by molar-refractivity contribution is -0.163. The lowest BCUT2D eigenvalue weighted by Gasteiger charge is -2.46. The number of aliphatic hydroxyl groups is 2. The van der Waals surface area contributed by atoms with E-state index in [9.17, 15) is 24.9 Å². The van der Waals surface area contributed by atoms with E-state index in [1.807, 2.05) is 25.9 Å². The predicted octanol–water partition coefficient (Wildman–Crippen LogP) is -0.0836. The van der Waals surface area contributed by atoms with Gasteiger partial charge < -0.3 is 30.4 Å². The number of aliphatic carboxylic acids is 1. The molecule has 3 aliphatic heterocycles. The van der Waals surface area contributed by atoms with E-state index in [0.29, 0.717) is 17.9 Å². The largest absolute Gasteiger partial charge is 0.477 e. The van der Waals surface area contributed by atoms with Gasteiger partial charge in [0.25, 0.3) is 0 Å². The van der Waals surface area contributed by atoms with Crippen molar-refractivity contribution in [2.24, 2.45) is 11.8 Å². The molecule has 8 nitrogen and oxygen atoms in total. The second kappa shape index (κ2) is 8.31. The molecule has 2 fully saturated rings. The van der Waals surface area contributed by atoms with Gasteiger partial charge in [-0.1, -0.05) is 6.92 Å². The molecule has 0 aromatic carbocycles. The summed E-state index contributed by atoms with van der Waals surface area (Å²) in [5.41, 5.74) is 0.0704. The molecule has 1 amide bonds. The van der Waals surface area contributed by atoms with Crippen molar-refractivity contribution in [2.75, 3.05) is 27.2 Å². The molecule has 3 aliphatic rings. The monoisotopic (exact) mass is 413 g/mol. The first-order chi connectivity index (χ1) is 13.1. The molecule has 2 saturated heterocycles. The topological polar surface area (TPSA) is 113 Å². The molecule has 9 heteroatoms. The molecule has 0 bridgehead atoms. The molecule has 4 N–H and O–H groups in total. The number of aliphatic hydroxyl groups excluding tert-OH is 2. The smallest absolute Gasteiger partial charge is 0.353 e. The summed E-state index contributed by atoms with van der Waals surface area (Å²) in [5, 5.41) is 33.5. The van der Waals surface area contributed by atoms with Crippen LogP contribution in [0.4, 0.5) is 0 Å². The first-order valence-corrected chi connectivity index (χ1v) is 10.7. The van der Waals surface area contributed by atoms with Gasteiger partial charge in [-0.25, -0.2) is 4.79 Å². The summed E-state index contributed by atoms with van der Waals surface area (Å²) in [6.07, 6.45) is 0.200. The van der Waals surface area contributed by atoms with Crippen molar-refractivity contribution >= 4 is 23.6 Å². The quantitative estimate of drug-likeness (QED) is 0.409. The van der Waals surface area contributed by atoms with E-state index >= 15 is 0 Å². The number of thioether (sulfide) groups is 1. The van der Waals surface area contributed by atoms with Crippen molar-refractivity contribution in [3.05, 3.63) is 10.6 Å². The van der Waals surface area contributed by atoms with Crippen LogP contribution in [0.1, 0.15) is 26.7 Å². The second-order valence-electron chi connectivity index (χ2n) is 8.42. The Morgan fingerprint density at radius 1 is 1.39 bits per heavy atom. The molecule has 0 radical (unpaired) electrons. The van der Waals surface area contributed by atoms with Crippen molar-refractivity contribution < 1.29 is 24.9 Å². The minimum atomic E-state index is -1.09. The molecule has 0 aromatic rings. The van der Waals surface area contributed by atoms with Gasteiger partial charge in [-0.05, 0) is 33.9 Å². The Morgan fingerprint density at radius 3 is 2.64 bits per heavy atom. The maximum Gasteiger partial charge on any atom is 0.353 e. The van der Waals surface area contributed by atoms with E-state index in [0.717, 1.165) is 13.0 Å². The minimum Gasteiger partial charge on any atom is -0.477 e. The van der Waals surface area contributed by atoms with Crippen LogP contribution in [0.5, 0.6) is 0 Å². The summed E-state index contributed by atoms with van der Waals surface area (Å²) < 4.78 is 0. The number of amides is 1. The highest BCUT2D eigenvalue weighted by Crippen LogP contribution is 2.51. The Labute approximate surface area is 169 Å². The number of carbonyl (C=O) groups excluding carboxylic acids is 1. The fourth-order valence-electron chi connectivity index (χ4n) is 4.57. The first-order valence-electron chi connectivity index (χ1n) is 9.84. The van der Waals surface area contributed by atoms with E-state index in [1.54, 1.807) is 6.92 Å². The number of β-lactam (4-membered cyclic amide) rings is 1. The highest BCUT2D eigenvalue weighted by atomic mass is 32.2. The van der Waals surface area contributed by atoms with Gasteiger partial charge in [0.1, 0.15) is 5.70 Å². The number of carboxylic acids is 1. The van der Waals surface area contributed by atoms with Crippen molar-refractivity contribution in [1.82, 2.24) is 15.1 Å². The lowest BCUT2D eigenvalue weighted by atomic mass is 9.79. The molecule has 0 spiro atoms. The molecule has 0 unspecified atom stereocenters. The third-order valence-electron chi connectivity index (χ3n) is 6.07. The minimum absolute atomic E-state index is 0.00749. The Morgan fingerprint density at radius 2 is 2.07 bits per heavy atom. The average Bonchev–Trinajstić information content (AvgIpc) is 3.15. The van der Waals surface area contributed by atoms with E-state index < -0.39 is 24.1 Å². The van der Waals surface area contributed by atoms with E-state index in [1.165, 1.54) is 16.7 Å². The maximum atomic E-state index is 12.4. The molecule has 0 saturated carbocycles. The Hall–Kier alpha value is -1.13. The molecule has 0 aromatic heterocycles. The molecule has 3 rings (SSSR count). The van der Waals surface area contributed by atoms with Gasteiger partial charge in [-0.3, -0.25) is 4.79 Å².